The Kier molecular flexibility index (Phi) is 14.2. The third-order valence-corrected chi connectivity index (χ3v) is 20.0. The van der Waals surface area contributed by atoms with Gasteiger partial charge in [0.15, 0.2) is 0 Å². The van der Waals surface area contributed by atoms with E-state index in [-0.39, 0.29) is 68.9 Å². The second kappa shape index (κ2) is 14.3. The summed E-state index contributed by atoms with van der Waals surface area (Å²) >= 11 is 77.3. The van der Waals surface area contributed by atoms with Crippen molar-refractivity contribution in [2.75, 3.05) is 0 Å². The third kappa shape index (κ3) is 7.47. The molecule has 0 aromatic carbocycles. The van der Waals surface area contributed by atoms with Gasteiger partial charge in [0.2, 0.25) is 0 Å². The van der Waals surface area contributed by atoms with Crippen LogP contribution in [0.2, 0.25) is 0 Å². The van der Waals surface area contributed by atoms with Crippen LogP contribution in [0.3, 0.4) is 0 Å². The van der Waals surface area contributed by atoms with Gasteiger partial charge in [-0.25, -0.2) is 0 Å². The van der Waals surface area contributed by atoms with Gasteiger partial charge in [-0.2, -0.15) is 189 Å². The molecule has 0 bridgehead atoms. The summed E-state index contributed by atoms with van der Waals surface area (Å²) < 4.78 is -2.13. The minimum Gasteiger partial charge on any atom is -0.175 e. The average molecular weight is 786 g/mol. The van der Waals surface area contributed by atoms with Gasteiger partial charge < -0.3 is 0 Å². The molecule has 37 heavy (non-hydrogen) atoms. The van der Waals surface area contributed by atoms with Crippen molar-refractivity contribution < 1.29 is 0 Å². The van der Waals surface area contributed by atoms with E-state index in [0.29, 0.717) is 19.3 Å². The Morgan fingerprint density at radius 1 is 0.351 bits per heavy atom. The van der Waals surface area contributed by atoms with E-state index in [1.807, 2.05) is 0 Å². The molecule has 3 fully saturated rings. The van der Waals surface area contributed by atoms with E-state index in [0.717, 1.165) is 19.3 Å². The predicted molar refractivity (Wildman–Crippen MR) is 220 cm³/mol. The highest BCUT2D eigenvalue weighted by molar-refractivity contribution is 7.90. The summed E-state index contributed by atoms with van der Waals surface area (Å²) in [5.74, 6) is -0.274. The lowest BCUT2D eigenvalue weighted by molar-refractivity contribution is 0.195. The molecule has 15 heteroatoms. The first-order valence-corrected chi connectivity index (χ1v) is 19.8. The van der Waals surface area contributed by atoms with E-state index < -0.39 is 14.2 Å². The second-order valence-electron chi connectivity index (χ2n) is 11.2. The molecule has 3 saturated carbocycles. The van der Waals surface area contributed by atoms with Gasteiger partial charge in [0, 0.05) is 83.2 Å². The lowest BCUT2D eigenvalue weighted by Crippen LogP contribution is -2.67. The van der Waals surface area contributed by atoms with Crippen LogP contribution < -0.4 is 0 Å². The zero-order chi connectivity index (χ0) is 28.2. The van der Waals surface area contributed by atoms with Gasteiger partial charge in [-0.1, -0.05) is 0 Å². The van der Waals surface area contributed by atoms with Gasteiger partial charge >= 0.3 is 0 Å². The predicted octanol–water partition coefficient (Wildman–Crippen LogP) is 6.57. The molecule has 15 unspecified atom stereocenters. The van der Waals surface area contributed by atoms with Crippen LogP contribution in [0.25, 0.3) is 0 Å². The molecular formula is C22H40S15. The first kappa shape index (κ1) is 36.7. The minimum atomic E-state index is -0.709. The van der Waals surface area contributed by atoms with Crippen molar-refractivity contribution in [2.45, 2.75) is 116 Å². The van der Waals surface area contributed by atoms with E-state index in [9.17, 15) is 0 Å². The van der Waals surface area contributed by atoms with Crippen molar-refractivity contribution in [2.24, 2.45) is 5.92 Å². The summed E-state index contributed by atoms with van der Waals surface area (Å²) in [5, 5.41) is -0.698. The second-order valence-corrected chi connectivity index (χ2v) is 21.3. The Morgan fingerprint density at radius 2 is 0.568 bits per heavy atom. The first-order chi connectivity index (χ1) is 16.9. The quantitative estimate of drug-likeness (QED) is 0.111. The van der Waals surface area contributed by atoms with Crippen molar-refractivity contribution in [1.82, 2.24) is 0 Å². The van der Waals surface area contributed by atoms with Crippen molar-refractivity contribution in [3.05, 3.63) is 0 Å². The van der Waals surface area contributed by atoms with Crippen molar-refractivity contribution in [3.63, 3.8) is 0 Å². The fourth-order valence-electron chi connectivity index (χ4n) is 6.54. The van der Waals surface area contributed by atoms with E-state index in [4.69, 9.17) is 189 Å². The average Bonchev–Trinajstić information content (AvgIpc) is 2.95. The van der Waals surface area contributed by atoms with Gasteiger partial charge in [-0.3, -0.25) is 0 Å². The van der Waals surface area contributed by atoms with Crippen LogP contribution in [0, 0.1) is 5.92 Å². The highest BCUT2D eigenvalue weighted by Gasteiger charge is 2.66. The molecule has 3 aliphatic rings. The van der Waals surface area contributed by atoms with Gasteiger partial charge in [-0.15, -0.1) is 0 Å². The molecule has 0 aromatic rings. The number of hydrogen-bond donors (Lipinski definition) is 15. The van der Waals surface area contributed by atoms with Gasteiger partial charge in [-0.05, 0) is 38.5 Å². The van der Waals surface area contributed by atoms with Crippen LogP contribution in [-0.4, -0.2) is 77.2 Å². The maximum absolute atomic E-state index is 5.60. The molecule has 0 aliphatic heterocycles. The minimum absolute atomic E-state index is 0.0234. The summed E-state index contributed by atoms with van der Waals surface area (Å²) in [6, 6.07) is 0. The summed E-state index contributed by atoms with van der Waals surface area (Å²) in [5.41, 5.74) is 0. The number of hydrogen-bond acceptors (Lipinski definition) is 15. The topological polar surface area (TPSA) is 0 Å². The van der Waals surface area contributed by atoms with Crippen molar-refractivity contribution in [1.29, 1.82) is 0 Å². The Labute approximate surface area is 307 Å². The summed E-state index contributed by atoms with van der Waals surface area (Å²) in [4.78, 5) is 0. The SMILES string of the molecule is SC1CC(S)C(S)C(S)(C(C2(S)CC(S)C(S)CC(S)C2S)C2(S)CC(S)C(S)CC(S)C2S)CC1S. The third-order valence-electron chi connectivity index (χ3n) is 8.52. The smallest absolute Gasteiger partial charge is 0.0322 e. The molecule has 0 saturated heterocycles. The van der Waals surface area contributed by atoms with Crippen LogP contribution >= 0.6 is 189 Å². The largest absolute Gasteiger partial charge is 0.175 e. The Balaban J connectivity index is 2.33. The van der Waals surface area contributed by atoms with Gasteiger partial charge in [0.25, 0.3) is 0 Å². The molecule has 0 N–H and O–H groups in total. The molecule has 0 heterocycles. The zero-order valence-corrected chi connectivity index (χ0v) is 33.4. The van der Waals surface area contributed by atoms with Crippen LogP contribution in [0.5, 0.6) is 0 Å². The molecule has 0 aromatic heterocycles. The normalized spacial score (nSPS) is 57.2. The Morgan fingerprint density at radius 3 is 0.784 bits per heavy atom. The molecule has 0 nitrogen and oxygen atoms in total. The lowest BCUT2D eigenvalue weighted by atomic mass is 9.63. The molecule has 0 radical (unpaired) electrons. The molecule has 3 aliphatic carbocycles. The molecule has 218 valence electrons. The van der Waals surface area contributed by atoms with Gasteiger partial charge in [0.05, 0.1) is 0 Å². The Hall–Kier alpha value is 5.25. The zero-order valence-electron chi connectivity index (χ0n) is 20.0. The van der Waals surface area contributed by atoms with Crippen LogP contribution in [0.1, 0.15) is 38.5 Å². The van der Waals surface area contributed by atoms with Crippen LogP contribution in [-0.2, 0) is 0 Å². The standard InChI is InChI=1S/C22H40S15/c23-7-1-10(26)16(32)20(35,4-13(7)29)19(21(36)5-14(30)8(24)2-11(27)17(21)33)22(37)6-15(31)9(25)3-12(28)18(22)34/h7-19,23-37H,1-6H2. The number of rotatable bonds is 3. The molecular weight excluding hydrogens is 745 g/mol. The van der Waals surface area contributed by atoms with Crippen LogP contribution in [0.15, 0.2) is 0 Å². The molecule has 0 spiro atoms. The van der Waals surface area contributed by atoms with E-state index >= 15 is 0 Å². The monoisotopic (exact) mass is 784 g/mol. The highest BCUT2D eigenvalue weighted by atomic mass is 32.1. The maximum Gasteiger partial charge on any atom is 0.0322 e. The first-order valence-electron chi connectivity index (χ1n) is 12.2. The summed E-state index contributed by atoms with van der Waals surface area (Å²) in [7, 11) is 0. The van der Waals surface area contributed by atoms with E-state index in [2.05, 4.69) is 0 Å². The van der Waals surface area contributed by atoms with Gasteiger partial charge in [0.1, 0.15) is 0 Å². The molecule has 3 rings (SSSR count). The van der Waals surface area contributed by atoms with E-state index in [1.54, 1.807) is 0 Å². The van der Waals surface area contributed by atoms with Crippen molar-refractivity contribution >= 4 is 189 Å². The van der Waals surface area contributed by atoms with Crippen LogP contribution in [0.4, 0.5) is 0 Å². The Bertz CT molecular complexity index is 689. The molecule has 0 amide bonds. The molecule has 15 atom stereocenters. The van der Waals surface area contributed by atoms with E-state index in [1.165, 1.54) is 0 Å². The summed E-state index contributed by atoms with van der Waals surface area (Å²) in [6.07, 6.45) is 4.24. The maximum atomic E-state index is 5.60. The fourth-order valence-corrected chi connectivity index (χ4v) is 15.5. The highest BCUT2D eigenvalue weighted by Crippen LogP contribution is 2.63. The lowest BCUT2D eigenvalue weighted by Gasteiger charge is -2.60. The summed E-state index contributed by atoms with van der Waals surface area (Å²) in [6.45, 7) is 0. The van der Waals surface area contributed by atoms with Crippen molar-refractivity contribution in [3.8, 4) is 0 Å². The fraction of sp³-hybridized carbons (Fsp3) is 1.00. The number of thiol groups is 15.